The van der Waals surface area contributed by atoms with Gasteiger partial charge in [0.1, 0.15) is 0 Å². The van der Waals surface area contributed by atoms with Crippen LogP contribution in [0.2, 0.25) is 0 Å². The maximum atomic E-state index is 5.47. The molecule has 0 atom stereocenters. The number of para-hydroxylation sites is 4. The van der Waals surface area contributed by atoms with Crippen molar-refractivity contribution in [2.75, 3.05) is 9.80 Å². The van der Waals surface area contributed by atoms with E-state index >= 15 is 0 Å². The molecular formula is C58H41N5. The molecule has 0 spiro atoms. The van der Waals surface area contributed by atoms with Gasteiger partial charge in [0, 0.05) is 61.6 Å². The number of anilines is 6. The number of hydrogen-bond acceptors (Lipinski definition) is 4. The van der Waals surface area contributed by atoms with E-state index in [1.165, 1.54) is 0 Å². The minimum absolute atomic E-state index is 0.671. The van der Waals surface area contributed by atoms with Gasteiger partial charge in [-0.15, -0.1) is 0 Å². The van der Waals surface area contributed by atoms with Crippen molar-refractivity contribution in [1.29, 1.82) is 0 Å². The van der Waals surface area contributed by atoms with Crippen LogP contribution in [0.1, 0.15) is 0 Å². The van der Waals surface area contributed by atoms with Crippen LogP contribution in [0, 0.1) is 0 Å². The zero-order valence-corrected chi connectivity index (χ0v) is 34.4. The maximum absolute atomic E-state index is 5.47. The first-order chi connectivity index (χ1) is 31.3. The highest BCUT2D eigenvalue weighted by Crippen LogP contribution is 2.45. The van der Waals surface area contributed by atoms with Gasteiger partial charge in [-0.05, 0) is 84.9 Å². The van der Waals surface area contributed by atoms with E-state index in [0.29, 0.717) is 5.82 Å². The molecule has 5 nitrogen and oxygen atoms in total. The van der Waals surface area contributed by atoms with E-state index in [2.05, 4.69) is 245 Å². The van der Waals surface area contributed by atoms with Crippen molar-refractivity contribution in [3.8, 4) is 39.6 Å². The summed E-state index contributed by atoms with van der Waals surface area (Å²) in [6.07, 6.45) is 0. The van der Waals surface area contributed by atoms with Gasteiger partial charge in [-0.3, -0.25) is 0 Å². The van der Waals surface area contributed by atoms with Gasteiger partial charge in [0.05, 0.1) is 28.1 Å². The Hall–Kier alpha value is -8.54. The van der Waals surface area contributed by atoms with Crippen LogP contribution in [0.15, 0.2) is 249 Å². The largest absolute Gasteiger partial charge is 0.310 e. The third kappa shape index (κ3) is 7.07. The number of fused-ring (bicyclic) bond motifs is 3. The summed E-state index contributed by atoms with van der Waals surface area (Å²) in [5.41, 5.74) is 14.1. The van der Waals surface area contributed by atoms with Gasteiger partial charge in [-0.25, -0.2) is 9.97 Å². The second-order valence-corrected chi connectivity index (χ2v) is 15.4. The summed E-state index contributed by atoms with van der Waals surface area (Å²) in [4.78, 5) is 15.6. The van der Waals surface area contributed by atoms with Gasteiger partial charge in [-0.1, -0.05) is 164 Å². The molecular weight excluding hydrogens is 767 g/mol. The lowest BCUT2D eigenvalue weighted by molar-refractivity contribution is 1.09. The molecule has 0 N–H and O–H groups in total. The fourth-order valence-corrected chi connectivity index (χ4v) is 8.70. The number of benzene rings is 9. The molecule has 2 aromatic heterocycles. The molecule has 9 aromatic carbocycles. The number of rotatable bonds is 10. The minimum Gasteiger partial charge on any atom is -0.310 e. The SMILES string of the molecule is c1ccc(-c2nc(-c3ccccc3)c(-n3c4ccc(N(c5ccccc5)c5ccccc5)cc4c4cc(N(c5ccccc5)c5ccccc5)ccc43)c(-c3ccccc3)n2)cc1. The molecule has 11 aromatic rings. The third-order valence-electron chi connectivity index (χ3n) is 11.5. The standard InChI is InChI=1S/C58H41N5/c1-8-22-42(23-9-1)55-57(56(43-24-10-2-11-25-43)60-58(59-55)44-26-12-3-13-27-44)63-53-38-36-49(61(45-28-14-4-15-29-45)46-30-16-5-17-31-46)40-51(53)52-41-50(37-39-54(52)63)62(47-32-18-6-19-33-47)48-34-20-7-21-35-48/h1-41H. The molecule has 0 saturated heterocycles. The van der Waals surface area contributed by atoms with Gasteiger partial charge in [0.15, 0.2) is 5.82 Å². The topological polar surface area (TPSA) is 37.2 Å². The zero-order valence-electron chi connectivity index (χ0n) is 34.4. The quantitative estimate of drug-likeness (QED) is 0.138. The van der Waals surface area contributed by atoms with Gasteiger partial charge in [0.2, 0.25) is 0 Å². The molecule has 0 radical (unpaired) electrons. The Bertz CT molecular complexity index is 3020. The van der Waals surface area contributed by atoms with Crippen molar-refractivity contribution in [1.82, 2.24) is 14.5 Å². The van der Waals surface area contributed by atoms with Crippen molar-refractivity contribution < 1.29 is 0 Å². The van der Waals surface area contributed by atoms with Gasteiger partial charge in [-0.2, -0.15) is 0 Å². The predicted octanol–water partition coefficient (Wildman–Crippen LogP) is 15.5. The molecule has 5 heteroatoms. The van der Waals surface area contributed by atoms with Crippen LogP contribution >= 0.6 is 0 Å². The summed E-state index contributed by atoms with van der Waals surface area (Å²) in [5.74, 6) is 0.671. The Kier molecular flexibility index (Phi) is 9.80. The summed E-state index contributed by atoms with van der Waals surface area (Å²) in [6, 6.07) is 87.4. The van der Waals surface area contributed by atoms with Gasteiger partial charge < -0.3 is 14.4 Å². The molecule has 0 saturated carbocycles. The molecule has 298 valence electrons. The normalized spacial score (nSPS) is 11.2. The highest BCUT2D eigenvalue weighted by atomic mass is 15.2. The number of nitrogens with zero attached hydrogens (tertiary/aromatic N) is 5. The maximum Gasteiger partial charge on any atom is 0.160 e. The average molecular weight is 808 g/mol. The zero-order chi connectivity index (χ0) is 42.0. The first kappa shape index (κ1) is 37.5. The Labute approximate surface area is 367 Å². The van der Waals surface area contributed by atoms with Crippen molar-refractivity contribution in [2.24, 2.45) is 0 Å². The summed E-state index contributed by atoms with van der Waals surface area (Å²) in [7, 11) is 0. The number of hydrogen-bond donors (Lipinski definition) is 0. The molecule has 11 rings (SSSR count). The second-order valence-electron chi connectivity index (χ2n) is 15.4. The van der Waals surface area contributed by atoms with Crippen LogP contribution < -0.4 is 9.80 Å². The van der Waals surface area contributed by atoms with Crippen molar-refractivity contribution in [3.63, 3.8) is 0 Å². The monoisotopic (exact) mass is 807 g/mol. The first-order valence-electron chi connectivity index (χ1n) is 21.3. The second kappa shape index (κ2) is 16.5. The molecule has 0 amide bonds. The number of aromatic nitrogens is 3. The molecule has 2 heterocycles. The molecule has 0 aliphatic carbocycles. The molecule has 0 aliphatic rings. The lowest BCUT2D eigenvalue weighted by Crippen LogP contribution is -2.10. The van der Waals surface area contributed by atoms with E-state index in [1.54, 1.807) is 0 Å². The van der Waals surface area contributed by atoms with E-state index in [4.69, 9.17) is 9.97 Å². The van der Waals surface area contributed by atoms with Crippen LogP contribution in [0.3, 0.4) is 0 Å². The summed E-state index contributed by atoms with van der Waals surface area (Å²) < 4.78 is 2.39. The third-order valence-corrected chi connectivity index (χ3v) is 11.5. The van der Waals surface area contributed by atoms with E-state index in [0.717, 1.165) is 89.7 Å². The van der Waals surface area contributed by atoms with E-state index in [-0.39, 0.29) is 0 Å². The fraction of sp³-hybridized carbons (Fsp3) is 0. The molecule has 0 aliphatic heterocycles. The average Bonchev–Trinajstić information content (AvgIpc) is 3.68. The highest BCUT2D eigenvalue weighted by molar-refractivity contribution is 6.13. The molecule has 63 heavy (non-hydrogen) atoms. The smallest absolute Gasteiger partial charge is 0.160 e. The Morgan fingerprint density at radius 2 is 0.587 bits per heavy atom. The minimum atomic E-state index is 0.671. The van der Waals surface area contributed by atoms with Crippen LogP contribution in [-0.2, 0) is 0 Å². The van der Waals surface area contributed by atoms with Gasteiger partial charge in [0.25, 0.3) is 0 Å². The summed E-state index contributed by atoms with van der Waals surface area (Å²) >= 11 is 0. The van der Waals surface area contributed by atoms with Crippen LogP contribution in [0.25, 0.3) is 61.4 Å². The van der Waals surface area contributed by atoms with E-state index < -0.39 is 0 Å². The van der Waals surface area contributed by atoms with Gasteiger partial charge >= 0.3 is 0 Å². The van der Waals surface area contributed by atoms with E-state index in [1.807, 2.05) is 18.2 Å². The van der Waals surface area contributed by atoms with Crippen molar-refractivity contribution >= 4 is 55.9 Å². The fourth-order valence-electron chi connectivity index (χ4n) is 8.70. The lowest BCUT2D eigenvalue weighted by Gasteiger charge is -2.26. The Balaban J connectivity index is 1.25. The molecule has 0 bridgehead atoms. The Morgan fingerprint density at radius 1 is 0.286 bits per heavy atom. The van der Waals surface area contributed by atoms with Crippen LogP contribution in [0.5, 0.6) is 0 Å². The first-order valence-corrected chi connectivity index (χ1v) is 21.3. The van der Waals surface area contributed by atoms with Crippen LogP contribution in [0.4, 0.5) is 34.1 Å². The highest BCUT2D eigenvalue weighted by Gasteiger charge is 2.26. The van der Waals surface area contributed by atoms with Crippen molar-refractivity contribution in [3.05, 3.63) is 249 Å². The molecule has 0 fully saturated rings. The van der Waals surface area contributed by atoms with Crippen LogP contribution in [-0.4, -0.2) is 14.5 Å². The summed E-state index contributed by atoms with van der Waals surface area (Å²) in [6.45, 7) is 0. The van der Waals surface area contributed by atoms with Crippen molar-refractivity contribution in [2.45, 2.75) is 0 Å². The predicted molar refractivity (Wildman–Crippen MR) is 262 cm³/mol. The summed E-state index contributed by atoms with van der Waals surface area (Å²) in [5, 5.41) is 2.21. The van der Waals surface area contributed by atoms with E-state index in [9.17, 15) is 0 Å². The Morgan fingerprint density at radius 3 is 0.921 bits per heavy atom. The lowest BCUT2D eigenvalue weighted by atomic mass is 10.0. The molecule has 0 unspecified atom stereocenters.